The van der Waals surface area contributed by atoms with Crippen molar-refractivity contribution in [3.05, 3.63) is 29.8 Å². The average molecular weight is 268 g/mol. The van der Waals surface area contributed by atoms with E-state index in [1.807, 2.05) is 6.92 Å². The molecular weight excluding hydrogens is 250 g/mol. The summed E-state index contributed by atoms with van der Waals surface area (Å²) in [5, 5.41) is 3.48. The first-order valence-corrected chi connectivity index (χ1v) is 7.64. The molecule has 1 aromatic rings. The molecule has 1 N–H and O–H groups in total. The van der Waals surface area contributed by atoms with Crippen LogP contribution in [-0.4, -0.2) is 25.1 Å². The van der Waals surface area contributed by atoms with E-state index < -0.39 is 10.1 Å². The first-order chi connectivity index (χ1) is 8.45. The molecule has 2 heterocycles. The Bertz CT molecular complexity index is 476. The molecule has 3 fully saturated rings. The lowest BCUT2D eigenvalue weighted by atomic mass is 9.83. The second-order valence-corrected chi connectivity index (χ2v) is 6.37. The van der Waals surface area contributed by atoms with Crippen molar-refractivity contribution < 1.29 is 13.0 Å². The second kappa shape index (κ2) is 5.38. The molecule has 18 heavy (non-hydrogen) atoms. The molecule has 2 bridgehead atoms. The Balaban J connectivity index is 0.000000146. The maximum atomic E-state index is 10.4. The SMILES string of the molecule is C1CC2CC(C1)N2.Cc1ccc(S(=O)(=O)[O-])cc1. The van der Waals surface area contributed by atoms with E-state index in [1.165, 1.54) is 37.8 Å². The molecular formula is C13H18NO3S-. The van der Waals surface area contributed by atoms with Gasteiger partial charge in [0, 0.05) is 12.1 Å². The van der Waals surface area contributed by atoms with Crippen LogP contribution in [0.2, 0.25) is 0 Å². The highest BCUT2D eigenvalue weighted by molar-refractivity contribution is 7.85. The van der Waals surface area contributed by atoms with Gasteiger partial charge in [0.15, 0.2) is 0 Å². The molecule has 0 aromatic heterocycles. The van der Waals surface area contributed by atoms with Crippen molar-refractivity contribution in [3.63, 3.8) is 0 Å². The van der Waals surface area contributed by atoms with Gasteiger partial charge in [-0.1, -0.05) is 24.1 Å². The van der Waals surface area contributed by atoms with Crippen LogP contribution in [0.25, 0.3) is 0 Å². The number of rotatable bonds is 1. The first kappa shape index (κ1) is 13.5. The van der Waals surface area contributed by atoms with Crippen LogP contribution in [0.15, 0.2) is 29.2 Å². The Morgan fingerprint density at radius 3 is 1.94 bits per heavy atom. The van der Waals surface area contributed by atoms with Crippen LogP contribution in [-0.2, 0) is 10.1 Å². The number of nitrogens with one attached hydrogen (secondary N) is 1. The lowest BCUT2D eigenvalue weighted by Crippen LogP contribution is -2.55. The molecule has 2 saturated heterocycles. The van der Waals surface area contributed by atoms with Crippen molar-refractivity contribution in [1.29, 1.82) is 0 Å². The van der Waals surface area contributed by atoms with Crippen LogP contribution < -0.4 is 5.32 Å². The molecule has 3 aliphatic rings. The molecule has 1 aromatic carbocycles. The van der Waals surface area contributed by atoms with E-state index in [2.05, 4.69) is 5.32 Å². The van der Waals surface area contributed by atoms with Gasteiger partial charge in [0.2, 0.25) is 0 Å². The number of fused-ring (bicyclic) bond motifs is 2. The first-order valence-electron chi connectivity index (χ1n) is 6.24. The molecule has 2 atom stereocenters. The minimum Gasteiger partial charge on any atom is -0.744 e. The summed E-state index contributed by atoms with van der Waals surface area (Å²) in [6.07, 6.45) is 5.83. The summed E-state index contributed by atoms with van der Waals surface area (Å²) in [7, 11) is -4.27. The topological polar surface area (TPSA) is 69.2 Å². The number of benzene rings is 1. The summed E-state index contributed by atoms with van der Waals surface area (Å²) in [5.41, 5.74) is 0.928. The normalized spacial score (nSPS) is 25.7. The summed E-state index contributed by atoms with van der Waals surface area (Å²) < 4.78 is 31.2. The van der Waals surface area contributed by atoms with E-state index in [4.69, 9.17) is 0 Å². The Hall–Kier alpha value is -0.910. The predicted octanol–water partition coefficient (Wildman–Crippen LogP) is 1.80. The summed E-state index contributed by atoms with van der Waals surface area (Å²) >= 11 is 0. The van der Waals surface area contributed by atoms with Gasteiger partial charge in [-0.15, -0.1) is 0 Å². The van der Waals surface area contributed by atoms with Crippen molar-refractivity contribution in [2.75, 3.05) is 0 Å². The van der Waals surface area contributed by atoms with Gasteiger partial charge < -0.3 is 9.87 Å². The van der Waals surface area contributed by atoms with E-state index in [0.29, 0.717) is 0 Å². The zero-order valence-corrected chi connectivity index (χ0v) is 11.2. The third-order valence-electron chi connectivity index (χ3n) is 3.46. The fraction of sp³-hybridized carbons (Fsp3) is 0.538. The Kier molecular flexibility index (Phi) is 4.04. The Morgan fingerprint density at radius 1 is 1.17 bits per heavy atom. The van der Waals surface area contributed by atoms with Crippen LogP contribution in [0.5, 0.6) is 0 Å². The molecule has 0 amide bonds. The van der Waals surface area contributed by atoms with Crippen molar-refractivity contribution in [3.8, 4) is 0 Å². The largest absolute Gasteiger partial charge is 0.744 e. The molecule has 5 heteroatoms. The summed E-state index contributed by atoms with van der Waals surface area (Å²) in [6.45, 7) is 1.82. The minimum absolute atomic E-state index is 0.178. The lowest BCUT2D eigenvalue weighted by Gasteiger charge is -2.42. The van der Waals surface area contributed by atoms with Gasteiger partial charge in [0.05, 0.1) is 4.90 Å². The molecule has 100 valence electrons. The average Bonchev–Trinajstić information content (AvgIpc) is 2.29. The van der Waals surface area contributed by atoms with Crippen LogP contribution in [0.1, 0.15) is 31.2 Å². The van der Waals surface area contributed by atoms with Gasteiger partial charge in [-0.2, -0.15) is 0 Å². The predicted molar refractivity (Wildman–Crippen MR) is 68.3 cm³/mol. The fourth-order valence-corrected chi connectivity index (χ4v) is 2.84. The van der Waals surface area contributed by atoms with E-state index in [-0.39, 0.29) is 4.90 Å². The van der Waals surface area contributed by atoms with E-state index in [1.54, 1.807) is 12.1 Å². The molecule has 4 nitrogen and oxygen atoms in total. The molecule has 2 aliphatic heterocycles. The maximum absolute atomic E-state index is 10.4. The van der Waals surface area contributed by atoms with Gasteiger partial charge in [-0.25, -0.2) is 8.42 Å². The molecule has 2 unspecified atom stereocenters. The van der Waals surface area contributed by atoms with Gasteiger partial charge >= 0.3 is 0 Å². The highest BCUT2D eigenvalue weighted by Gasteiger charge is 2.31. The standard InChI is InChI=1S/C7H8O3S.C6H11N/c1-6-2-4-7(5-3-6)11(8,9)10;1-2-5-4-6(3-1)7-5/h2-5H,1H3,(H,8,9,10);5-7H,1-4H2/p-1. The van der Waals surface area contributed by atoms with Crippen molar-refractivity contribution in [2.45, 2.75) is 49.6 Å². The van der Waals surface area contributed by atoms with Crippen molar-refractivity contribution >= 4 is 10.1 Å². The third-order valence-corrected chi connectivity index (χ3v) is 4.30. The van der Waals surface area contributed by atoms with E-state index in [9.17, 15) is 13.0 Å². The third kappa shape index (κ3) is 3.54. The van der Waals surface area contributed by atoms with E-state index >= 15 is 0 Å². The number of hydrogen-bond donors (Lipinski definition) is 1. The van der Waals surface area contributed by atoms with Crippen LogP contribution in [0.4, 0.5) is 0 Å². The fourth-order valence-electron chi connectivity index (χ4n) is 2.37. The van der Waals surface area contributed by atoms with Crippen molar-refractivity contribution in [1.82, 2.24) is 5.32 Å². The van der Waals surface area contributed by atoms with Crippen LogP contribution in [0.3, 0.4) is 0 Å². The second-order valence-electron chi connectivity index (χ2n) is 4.99. The quantitative estimate of drug-likeness (QED) is 0.788. The van der Waals surface area contributed by atoms with Crippen LogP contribution in [0, 0.1) is 6.92 Å². The minimum atomic E-state index is -4.27. The summed E-state index contributed by atoms with van der Waals surface area (Å²) in [4.78, 5) is -0.178. The highest BCUT2D eigenvalue weighted by atomic mass is 32.2. The number of hydrogen-bond acceptors (Lipinski definition) is 4. The van der Waals surface area contributed by atoms with Gasteiger partial charge in [0.25, 0.3) is 0 Å². The van der Waals surface area contributed by atoms with Gasteiger partial charge in [-0.05, 0) is 38.3 Å². The number of piperidine rings is 1. The summed E-state index contributed by atoms with van der Waals surface area (Å²) in [6, 6.07) is 7.64. The Morgan fingerprint density at radius 2 is 1.67 bits per heavy atom. The van der Waals surface area contributed by atoms with Gasteiger partial charge in [-0.3, -0.25) is 0 Å². The van der Waals surface area contributed by atoms with Crippen molar-refractivity contribution in [2.24, 2.45) is 0 Å². The maximum Gasteiger partial charge on any atom is 0.124 e. The lowest BCUT2D eigenvalue weighted by molar-refractivity contribution is 0.182. The molecule has 4 rings (SSSR count). The smallest absolute Gasteiger partial charge is 0.124 e. The monoisotopic (exact) mass is 268 g/mol. The molecule has 1 saturated carbocycles. The van der Waals surface area contributed by atoms with Crippen LogP contribution >= 0.6 is 0 Å². The number of aryl methyl sites for hydroxylation is 1. The highest BCUT2D eigenvalue weighted by Crippen LogP contribution is 2.27. The zero-order chi connectivity index (χ0) is 13.2. The van der Waals surface area contributed by atoms with Gasteiger partial charge in [0.1, 0.15) is 10.1 Å². The molecule has 0 spiro atoms. The van der Waals surface area contributed by atoms with E-state index in [0.717, 1.165) is 17.6 Å². The molecule has 0 radical (unpaired) electrons. The molecule has 1 aliphatic carbocycles. The summed E-state index contributed by atoms with van der Waals surface area (Å²) in [5.74, 6) is 0. The Labute approximate surface area is 108 Å². The zero-order valence-electron chi connectivity index (χ0n) is 10.4.